The van der Waals surface area contributed by atoms with Crippen LogP contribution in [0.15, 0.2) is 17.0 Å². The molecule has 0 spiro atoms. The van der Waals surface area contributed by atoms with E-state index in [4.69, 9.17) is 9.47 Å². The quantitative estimate of drug-likeness (QED) is 0.572. The van der Waals surface area contributed by atoms with Crippen LogP contribution in [0.4, 0.5) is 4.79 Å². The molecule has 0 saturated carbocycles. The molecule has 2 rings (SSSR count). The zero-order valence-electron chi connectivity index (χ0n) is 11.1. The van der Waals surface area contributed by atoms with Crippen LogP contribution >= 0.6 is 34.4 Å². The zero-order valence-corrected chi connectivity index (χ0v) is 14.1. The topological polar surface area (TPSA) is 55.8 Å². The highest BCUT2D eigenvalue weighted by Gasteiger charge is 2.31. The van der Waals surface area contributed by atoms with Crippen molar-refractivity contribution in [2.75, 3.05) is 21.3 Å². The Hall–Kier alpha value is -1.22. The molecule has 0 aromatic heterocycles. The van der Waals surface area contributed by atoms with E-state index in [0.29, 0.717) is 16.4 Å². The van der Waals surface area contributed by atoms with Crippen LogP contribution in [-0.4, -0.2) is 37.3 Å². The number of nitrogens with zero attached hydrogens (tertiary/aromatic N) is 1. The van der Waals surface area contributed by atoms with Crippen molar-refractivity contribution < 1.29 is 19.1 Å². The summed E-state index contributed by atoms with van der Waals surface area (Å²) >= 11 is 3.06. The first kappa shape index (κ1) is 15.2. The monoisotopic (exact) mass is 405 g/mol. The second-order valence-corrected chi connectivity index (χ2v) is 6.13. The van der Waals surface area contributed by atoms with Gasteiger partial charge in [0, 0.05) is 7.05 Å². The van der Waals surface area contributed by atoms with Gasteiger partial charge in [0.1, 0.15) is 0 Å². The van der Waals surface area contributed by atoms with Gasteiger partial charge in [0.2, 0.25) is 0 Å². The van der Waals surface area contributed by atoms with E-state index in [-0.39, 0.29) is 11.1 Å². The van der Waals surface area contributed by atoms with Crippen LogP contribution in [0.5, 0.6) is 11.5 Å². The minimum atomic E-state index is -0.287. The van der Waals surface area contributed by atoms with Crippen molar-refractivity contribution in [2.45, 2.75) is 0 Å². The predicted molar refractivity (Wildman–Crippen MR) is 86.0 cm³/mol. The number of imide groups is 1. The van der Waals surface area contributed by atoms with Gasteiger partial charge in [-0.25, -0.2) is 0 Å². The van der Waals surface area contributed by atoms with E-state index in [1.165, 1.54) is 7.05 Å². The second-order valence-electron chi connectivity index (χ2n) is 3.98. The molecule has 0 unspecified atom stereocenters. The number of hydrogen-bond donors (Lipinski definition) is 0. The third-order valence-corrected chi connectivity index (χ3v) is 4.50. The molecule has 1 aliphatic heterocycles. The largest absolute Gasteiger partial charge is 0.493 e. The summed E-state index contributed by atoms with van der Waals surface area (Å²) in [5.41, 5.74) is 0.783. The van der Waals surface area contributed by atoms with Crippen LogP contribution in [0.25, 0.3) is 6.08 Å². The van der Waals surface area contributed by atoms with E-state index in [1.54, 1.807) is 26.4 Å². The van der Waals surface area contributed by atoms with Crippen molar-refractivity contribution in [2.24, 2.45) is 0 Å². The lowest BCUT2D eigenvalue weighted by Gasteiger charge is -2.10. The molecule has 0 bridgehead atoms. The smallest absolute Gasteiger partial charge is 0.293 e. The number of methoxy groups -OCH3 is 2. The third-order valence-electron chi connectivity index (χ3n) is 2.74. The number of hydrogen-bond acceptors (Lipinski definition) is 5. The van der Waals surface area contributed by atoms with E-state index >= 15 is 0 Å². The fraction of sp³-hybridized carbons (Fsp3) is 0.231. The number of ether oxygens (including phenoxy) is 2. The Balaban J connectivity index is 2.42. The zero-order chi connectivity index (χ0) is 14.9. The fourth-order valence-corrected chi connectivity index (χ4v) is 3.39. The van der Waals surface area contributed by atoms with Crippen LogP contribution in [0.1, 0.15) is 5.56 Å². The summed E-state index contributed by atoms with van der Waals surface area (Å²) in [5, 5.41) is -0.267. The van der Waals surface area contributed by atoms with Crippen molar-refractivity contribution in [1.82, 2.24) is 4.90 Å². The molecule has 1 aromatic rings. The molecular weight excluding hydrogens is 393 g/mol. The summed E-state index contributed by atoms with van der Waals surface area (Å²) in [4.78, 5) is 24.8. The maximum absolute atomic E-state index is 11.8. The van der Waals surface area contributed by atoms with Crippen LogP contribution in [-0.2, 0) is 4.79 Å². The predicted octanol–water partition coefficient (Wildman–Crippen LogP) is 2.97. The lowest BCUT2D eigenvalue weighted by molar-refractivity contribution is -0.121. The normalized spacial score (nSPS) is 17.0. The molecule has 106 valence electrons. The maximum atomic E-state index is 11.8. The Morgan fingerprint density at radius 2 is 1.95 bits per heavy atom. The Morgan fingerprint density at radius 1 is 1.25 bits per heavy atom. The number of rotatable bonds is 3. The second kappa shape index (κ2) is 6.04. The number of likely N-dealkylation sites (N-methyl/N-ethyl adjacent to an activating group) is 1. The Kier molecular flexibility index (Phi) is 4.59. The number of carbonyl (C=O) groups excluding carboxylic acids is 2. The van der Waals surface area contributed by atoms with Crippen molar-refractivity contribution in [3.05, 3.63) is 26.2 Å². The minimum Gasteiger partial charge on any atom is -0.493 e. The molecule has 0 radical (unpaired) electrons. The fourth-order valence-electron chi connectivity index (χ4n) is 1.72. The first-order valence-corrected chi connectivity index (χ1v) is 7.50. The molecule has 1 fully saturated rings. The highest BCUT2D eigenvalue weighted by atomic mass is 127. The summed E-state index contributed by atoms with van der Waals surface area (Å²) in [6.07, 6.45) is 1.68. The van der Waals surface area contributed by atoms with Crippen LogP contribution in [0.3, 0.4) is 0 Å². The standard InChI is InChI=1S/C13H12INO4S/c1-15-12(16)10(20-13(15)17)6-7-4-8(14)11(19-3)9(5-7)18-2/h4-6H,1-3H3/b10-6-. The lowest BCUT2D eigenvalue weighted by atomic mass is 10.2. The Morgan fingerprint density at radius 3 is 2.45 bits per heavy atom. The maximum Gasteiger partial charge on any atom is 0.293 e. The summed E-state index contributed by atoms with van der Waals surface area (Å²) in [7, 11) is 4.59. The van der Waals surface area contributed by atoms with E-state index < -0.39 is 0 Å². The number of amides is 2. The van der Waals surface area contributed by atoms with Crippen molar-refractivity contribution >= 4 is 51.6 Å². The SMILES string of the molecule is COc1cc(/C=C2\SC(=O)N(C)C2=O)cc(I)c1OC. The van der Waals surface area contributed by atoms with Gasteiger partial charge in [0.05, 0.1) is 22.7 Å². The average molecular weight is 405 g/mol. The minimum absolute atomic E-state index is 0.267. The van der Waals surface area contributed by atoms with Gasteiger partial charge >= 0.3 is 0 Å². The highest BCUT2D eigenvalue weighted by molar-refractivity contribution is 14.1. The third kappa shape index (κ3) is 2.78. The number of benzene rings is 1. The Bertz CT molecular complexity index is 615. The molecule has 1 saturated heterocycles. The molecule has 7 heteroatoms. The molecule has 0 atom stereocenters. The van der Waals surface area contributed by atoms with E-state index in [0.717, 1.165) is 25.8 Å². The number of halogens is 1. The van der Waals surface area contributed by atoms with Crippen LogP contribution < -0.4 is 9.47 Å². The van der Waals surface area contributed by atoms with Gasteiger partial charge < -0.3 is 9.47 Å². The molecule has 1 aliphatic rings. The van der Waals surface area contributed by atoms with E-state index in [9.17, 15) is 9.59 Å². The number of thioether (sulfide) groups is 1. The van der Waals surface area contributed by atoms with E-state index in [2.05, 4.69) is 22.6 Å². The first-order chi connectivity index (χ1) is 9.47. The van der Waals surface area contributed by atoms with Crippen molar-refractivity contribution in [1.29, 1.82) is 0 Å². The van der Waals surface area contributed by atoms with E-state index in [1.807, 2.05) is 6.07 Å². The summed E-state index contributed by atoms with van der Waals surface area (Å²) < 4.78 is 11.4. The van der Waals surface area contributed by atoms with Gasteiger partial charge in [-0.3, -0.25) is 14.5 Å². The first-order valence-electron chi connectivity index (χ1n) is 5.61. The lowest BCUT2D eigenvalue weighted by Crippen LogP contribution is -2.22. The molecule has 0 aliphatic carbocycles. The molecule has 5 nitrogen and oxygen atoms in total. The van der Waals surface area contributed by atoms with Gasteiger partial charge in [-0.15, -0.1) is 0 Å². The molecule has 0 N–H and O–H groups in total. The van der Waals surface area contributed by atoms with Gasteiger partial charge in [-0.05, 0) is 58.1 Å². The molecule has 2 amide bonds. The molecule has 1 aromatic carbocycles. The molecule has 20 heavy (non-hydrogen) atoms. The van der Waals surface area contributed by atoms with Gasteiger partial charge in [-0.1, -0.05) is 0 Å². The highest BCUT2D eigenvalue weighted by Crippen LogP contribution is 2.36. The van der Waals surface area contributed by atoms with Gasteiger partial charge in [0.25, 0.3) is 11.1 Å². The summed E-state index contributed by atoms with van der Waals surface area (Å²) in [5.74, 6) is 0.944. The van der Waals surface area contributed by atoms with Crippen molar-refractivity contribution in [3.63, 3.8) is 0 Å². The average Bonchev–Trinajstić information content (AvgIpc) is 2.65. The summed E-state index contributed by atoms with van der Waals surface area (Å²) in [6.45, 7) is 0. The summed E-state index contributed by atoms with van der Waals surface area (Å²) in [6, 6.07) is 3.64. The van der Waals surface area contributed by atoms with Crippen LogP contribution in [0, 0.1) is 3.57 Å². The van der Waals surface area contributed by atoms with Crippen molar-refractivity contribution in [3.8, 4) is 11.5 Å². The van der Waals surface area contributed by atoms with Crippen LogP contribution in [0.2, 0.25) is 0 Å². The van der Waals surface area contributed by atoms with Gasteiger partial charge in [0.15, 0.2) is 11.5 Å². The van der Waals surface area contributed by atoms with Gasteiger partial charge in [-0.2, -0.15) is 0 Å². The Labute approximate surface area is 134 Å². The molecule has 1 heterocycles. The molecular formula is C13H12INO4S. The number of carbonyl (C=O) groups is 2.